The maximum Gasteiger partial charge on any atom is 0.337 e. The van der Waals surface area contributed by atoms with Gasteiger partial charge in [0.15, 0.2) is 0 Å². The Labute approximate surface area is 163 Å². The first kappa shape index (κ1) is 18.3. The molecule has 1 amide bonds. The first-order chi connectivity index (χ1) is 13.5. The van der Waals surface area contributed by atoms with Gasteiger partial charge in [-0.05, 0) is 68.9 Å². The Balaban J connectivity index is 1.71. The average molecular weight is 377 g/mol. The Bertz CT molecular complexity index is 1100. The zero-order valence-corrected chi connectivity index (χ0v) is 16.1. The van der Waals surface area contributed by atoms with Gasteiger partial charge in [0.2, 0.25) is 0 Å². The molecule has 0 saturated heterocycles. The Morgan fingerprint density at radius 2 is 1.93 bits per heavy atom. The monoisotopic (exact) mass is 377 g/mol. The molecule has 0 atom stereocenters. The van der Waals surface area contributed by atoms with E-state index in [1.54, 1.807) is 18.2 Å². The molecular weight excluding hydrogens is 354 g/mol. The fourth-order valence-corrected chi connectivity index (χ4v) is 3.76. The van der Waals surface area contributed by atoms with Crippen molar-refractivity contribution in [3.05, 3.63) is 69.6 Å². The van der Waals surface area contributed by atoms with Crippen LogP contribution in [-0.4, -0.2) is 12.0 Å². The van der Waals surface area contributed by atoms with Gasteiger partial charge in [0.25, 0.3) is 5.91 Å². The van der Waals surface area contributed by atoms with Gasteiger partial charge < -0.3 is 14.5 Å². The van der Waals surface area contributed by atoms with E-state index in [2.05, 4.69) is 11.4 Å². The van der Waals surface area contributed by atoms with Crippen molar-refractivity contribution >= 4 is 22.6 Å². The summed E-state index contributed by atoms with van der Waals surface area (Å²) in [5.41, 5.74) is 3.39. The lowest BCUT2D eigenvalue weighted by Crippen LogP contribution is -2.17. The standard InChI is InChI=1S/C23H23NO4/c1-14(2)27-16-10-11-18-19(13-22(25)28-21(18)12-16)23(26)24-20-9-5-7-15-6-3-4-8-17(15)20/h5,7,9-14H,3-4,6,8H2,1-2H3,(H,24,26). The van der Waals surface area contributed by atoms with E-state index < -0.39 is 5.63 Å². The van der Waals surface area contributed by atoms with Crippen LogP contribution in [0.1, 0.15) is 48.2 Å². The molecule has 0 aliphatic heterocycles. The summed E-state index contributed by atoms with van der Waals surface area (Å²) in [5, 5.41) is 3.58. The molecule has 4 rings (SSSR count). The summed E-state index contributed by atoms with van der Waals surface area (Å²) in [7, 11) is 0. The molecule has 1 aromatic heterocycles. The third-order valence-electron chi connectivity index (χ3n) is 4.98. The molecule has 1 aliphatic rings. The first-order valence-corrected chi connectivity index (χ1v) is 9.68. The first-order valence-electron chi connectivity index (χ1n) is 9.68. The Kier molecular flexibility index (Phi) is 4.90. The highest BCUT2D eigenvalue weighted by Crippen LogP contribution is 2.29. The number of rotatable bonds is 4. The summed E-state index contributed by atoms with van der Waals surface area (Å²) in [6, 6.07) is 12.4. The van der Waals surface area contributed by atoms with Crippen LogP contribution in [0.15, 0.2) is 51.7 Å². The number of fused-ring (bicyclic) bond motifs is 2. The fraction of sp³-hybridized carbons (Fsp3) is 0.304. The van der Waals surface area contributed by atoms with Gasteiger partial charge in [-0.15, -0.1) is 0 Å². The second-order valence-corrected chi connectivity index (χ2v) is 7.41. The van der Waals surface area contributed by atoms with Gasteiger partial charge in [-0.2, -0.15) is 0 Å². The molecule has 0 saturated carbocycles. The smallest absolute Gasteiger partial charge is 0.337 e. The quantitative estimate of drug-likeness (QED) is 0.669. The molecule has 0 spiro atoms. The number of ether oxygens (including phenoxy) is 1. The Hall–Kier alpha value is -3.08. The number of hydrogen-bond donors (Lipinski definition) is 1. The number of carbonyl (C=O) groups excluding carboxylic acids is 1. The third-order valence-corrected chi connectivity index (χ3v) is 4.98. The number of aryl methyl sites for hydroxylation is 1. The van der Waals surface area contributed by atoms with Crippen LogP contribution in [0, 0.1) is 0 Å². The van der Waals surface area contributed by atoms with Crippen LogP contribution < -0.4 is 15.7 Å². The van der Waals surface area contributed by atoms with Gasteiger partial charge in [0.1, 0.15) is 11.3 Å². The van der Waals surface area contributed by atoms with E-state index >= 15 is 0 Å². The SMILES string of the molecule is CC(C)Oc1ccc2c(C(=O)Nc3cccc4c3CCCC4)cc(=O)oc2c1. The molecule has 0 radical (unpaired) electrons. The van der Waals surface area contributed by atoms with Crippen molar-refractivity contribution in [1.82, 2.24) is 0 Å². The van der Waals surface area contributed by atoms with Gasteiger partial charge in [0, 0.05) is 23.2 Å². The molecule has 2 aromatic carbocycles. The minimum absolute atomic E-state index is 0.0000829. The van der Waals surface area contributed by atoms with E-state index in [1.807, 2.05) is 26.0 Å². The Morgan fingerprint density at radius 3 is 2.75 bits per heavy atom. The Morgan fingerprint density at radius 1 is 1.11 bits per heavy atom. The lowest BCUT2D eigenvalue weighted by Gasteiger charge is -2.19. The predicted octanol–water partition coefficient (Wildman–Crippen LogP) is 4.71. The average Bonchev–Trinajstić information content (AvgIpc) is 2.67. The number of nitrogens with one attached hydrogen (secondary N) is 1. The molecular formula is C23H23NO4. The molecule has 5 heteroatoms. The molecule has 28 heavy (non-hydrogen) atoms. The van der Waals surface area contributed by atoms with Crippen molar-refractivity contribution in [2.24, 2.45) is 0 Å². The van der Waals surface area contributed by atoms with Crippen LogP contribution >= 0.6 is 0 Å². The lowest BCUT2D eigenvalue weighted by atomic mass is 9.90. The van der Waals surface area contributed by atoms with E-state index in [0.717, 1.165) is 24.9 Å². The van der Waals surface area contributed by atoms with Crippen LogP contribution in [0.25, 0.3) is 11.0 Å². The van der Waals surface area contributed by atoms with Crippen LogP contribution in [-0.2, 0) is 12.8 Å². The molecule has 1 heterocycles. The van der Waals surface area contributed by atoms with Crippen LogP contribution in [0.5, 0.6) is 5.75 Å². The topological polar surface area (TPSA) is 68.5 Å². The van der Waals surface area contributed by atoms with E-state index in [9.17, 15) is 9.59 Å². The second kappa shape index (κ2) is 7.50. The molecule has 5 nitrogen and oxygen atoms in total. The molecule has 0 bridgehead atoms. The largest absolute Gasteiger partial charge is 0.491 e. The lowest BCUT2D eigenvalue weighted by molar-refractivity contribution is 0.102. The molecule has 144 valence electrons. The van der Waals surface area contributed by atoms with Crippen molar-refractivity contribution < 1.29 is 13.9 Å². The molecule has 1 aliphatic carbocycles. The van der Waals surface area contributed by atoms with E-state index in [-0.39, 0.29) is 12.0 Å². The van der Waals surface area contributed by atoms with E-state index in [0.29, 0.717) is 22.3 Å². The van der Waals surface area contributed by atoms with Gasteiger partial charge in [0.05, 0.1) is 11.7 Å². The second-order valence-electron chi connectivity index (χ2n) is 7.41. The number of carbonyl (C=O) groups is 1. The summed E-state index contributed by atoms with van der Waals surface area (Å²) < 4.78 is 11.0. The van der Waals surface area contributed by atoms with Crippen LogP contribution in [0.4, 0.5) is 5.69 Å². The summed E-state index contributed by atoms with van der Waals surface area (Å²) in [6.07, 6.45) is 4.29. The zero-order valence-electron chi connectivity index (χ0n) is 16.1. The van der Waals surface area contributed by atoms with Gasteiger partial charge >= 0.3 is 5.63 Å². The third kappa shape index (κ3) is 3.65. The van der Waals surface area contributed by atoms with Crippen LogP contribution in [0.2, 0.25) is 0 Å². The van der Waals surface area contributed by atoms with Crippen LogP contribution in [0.3, 0.4) is 0 Å². The van der Waals surface area contributed by atoms with Crippen molar-refractivity contribution in [1.29, 1.82) is 0 Å². The maximum absolute atomic E-state index is 13.0. The zero-order chi connectivity index (χ0) is 19.7. The highest BCUT2D eigenvalue weighted by molar-refractivity contribution is 6.12. The van der Waals surface area contributed by atoms with Gasteiger partial charge in [-0.1, -0.05) is 12.1 Å². The van der Waals surface area contributed by atoms with Crippen molar-refractivity contribution in [3.8, 4) is 5.75 Å². The normalized spacial score (nSPS) is 13.4. The minimum atomic E-state index is -0.561. The molecule has 1 N–H and O–H groups in total. The fourth-order valence-electron chi connectivity index (χ4n) is 3.76. The highest BCUT2D eigenvalue weighted by atomic mass is 16.5. The summed E-state index contributed by atoms with van der Waals surface area (Å²) in [4.78, 5) is 25.0. The maximum atomic E-state index is 13.0. The highest BCUT2D eigenvalue weighted by Gasteiger charge is 2.18. The number of anilines is 1. The number of hydrogen-bond acceptors (Lipinski definition) is 4. The number of amides is 1. The van der Waals surface area contributed by atoms with Gasteiger partial charge in [-0.25, -0.2) is 4.79 Å². The van der Waals surface area contributed by atoms with E-state index in [4.69, 9.17) is 9.15 Å². The van der Waals surface area contributed by atoms with E-state index in [1.165, 1.54) is 23.6 Å². The van der Waals surface area contributed by atoms with Gasteiger partial charge in [-0.3, -0.25) is 4.79 Å². The summed E-state index contributed by atoms with van der Waals surface area (Å²) in [6.45, 7) is 3.84. The predicted molar refractivity (Wildman–Crippen MR) is 109 cm³/mol. The molecule has 0 unspecified atom stereocenters. The summed E-state index contributed by atoms with van der Waals surface area (Å²) in [5.74, 6) is 0.287. The minimum Gasteiger partial charge on any atom is -0.491 e. The number of benzene rings is 2. The van der Waals surface area contributed by atoms with Crippen molar-refractivity contribution in [3.63, 3.8) is 0 Å². The molecule has 0 fully saturated rings. The van der Waals surface area contributed by atoms with Crippen molar-refractivity contribution in [2.45, 2.75) is 45.6 Å². The van der Waals surface area contributed by atoms with Crippen molar-refractivity contribution in [2.75, 3.05) is 5.32 Å². The summed E-state index contributed by atoms with van der Waals surface area (Å²) >= 11 is 0. The molecule has 3 aromatic rings.